The highest BCUT2D eigenvalue weighted by atomic mass is 32.1. The van der Waals surface area contributed by atoms with E-state index in [9.17, 15) is 9.59 Å². The second-order valence-corrected chi connectivity index (χ2v) is 7.74. The van der Waals surface area contributed by atoms with Gasteiger partial charge in [-0.1, -0.05) is 49.6 Å². The lowest BCUT2D eigenvalue weighted by atomic mass is 10.1. The molecule has 1 aromatic heterocycles. The van der Waals surface area contributed by atoms with Crippen molar-refractivity contribution >= 4 is 35.1 Å². The molecule has 0 aliphatic carbocycles. The molecule has 0 saturated carbocycles. The fourth-order valence-electron chi connectivity index (χ4n) is 2.98. The lowest BCUT2D eigenvalue weighted by Gasteiger charge is -2.23. The van der Waals surface area contributed by atoms with Crippen LogP contribution in [0.3, 0.4) is 0 Å². The Morgan fingerprint density at radius 3 is 2.47 bits per heavy atom. The molecule has 2 N–H and O–H groups in total. The molecule has 0 bridgehead atoms. The number of aliphatic imine (C=N–C) groups is 1. The Balaban J connectivity index is 1.95. The van der Waals surface area contributed by atoms with E-state index in [1.54, 1.807) is 16.6 Å². The maximum absolute atomic E-state index is 13.1. The van der Waals surface area contributed by atoms with Gasteiger partial charge in [-0.25, -0.2) is 5.48 Å². The number of allylic oxidation sites excluding steroid dienone is 2. The number of carbonyl (C=O) groups excluding carboxylic acids is 2. The second kappa shape index (κ2) is 13.5. The van der Waals surface area contributed by atoms with Gasteiger partial charge in [0.2, 0.25) is 5.91 Å². The molecule has 0 spiro atoms. The first-order valence-corrected chi connectivity index (χ1v) is 11.1. The van der Waals surface area contributed by atoms with E-state index in [0.717, 1.165) is 43.5 Å². The summed E-state index contributed by atoms with van der Waals surface area (Å²) < 4.78 is 0. The van der Waals surface area contributed by atoms with Crippen LogP contribution in [0.25, 0.3) is 0 Å². The molecule has 0 fully saturated rings. The van der Waals surface area contributed by atoms with E-state index in [2.05, 4.69) is 4.99 Å². The smallest absolute Gasteiger partial charge is 0.268 e. The summed E-state index contributed by atoms with van der Waals surface area (Å²) >= 11 is 1.44. The Morgan fingerprint density at radius 2 is 1.80 bits per heavy atom. The van der Waals surface area contributed by atoms with Crippen molar-refractivity contribution in [2.75, 3.05) is 6.54 Å². The van der Waals surface area contributed by atoms with Gasteiger partial charge in [-0.05, 0) is 43.3 Å². The molecule has 0 atom stereocenters. The molecule has 0 saturated heterocycles. The van der Waals surface area contributed by atoms with Crippen LogP contribution in [0.1, 0.15) is 55.1 Å². The number of hydroxylamine groups is 1. The molecule has 0 radical (unpaired) electrons. The number of para-hydroxylation sites is 1. The van der Waals surface area contributed by atoms with Crippen LogP contribution in [0, 0.1) is 0 Å². The van der Waals surface area contributed by atoms with Gasteiger partial charge >= 0.3 is 0 Å². The molecular weight excluding hydrogens is 398 g/mol. The number of rotatable bonds is 12. The van der Waals surface area contributed by atoms with E-state index in [1.165, 1.54) is 11.3 Å². The zero-order valence-corrected chi connectivity index (χ0v) is 18.1. The summed E-state index contributed by atoms with van der Waals surface area (Å²) in [6.45, 7) is 2.52. The molecule has 1 aromatic carbocycles. The molecular formula is C23H29N3O3S. The lowest BCUT2D eigenvalue weighted by Crippen LogP contribution is -2.31. The van der Waals surface area contributed by atoms with E-state index in [1.807, 2.05) is 60.8 Å². The Morgan fingerprint density at radius 1 is 1.07 bits per heavy atom. The summed E-state index contributed by atoms with van der Waals surface area (Å²) in [7, 11) is 0. The minimum Gasteiger partial charge on any atom is -0.306 e. The highest BCUT2D eigenvalue weighted by Gasteiger charge is 2.19. The zero-order chi connectivity index (χ0) is 21.6. The highest BCUT2D eigenvalue weighted by molar-refractivity contribution is 7.12. The van der Waals surface area contributed by atoms with Gasteiger partial charge in [0.1, 0.15) is 0 Å². The topological polar surface area (TPSA) is 82.0 Å². The lowest BCUT2D eigenvalue weighted by molar-refractivity contribution is -0.129. The van der Waals surface area contributed by atoms with Crippen LogP contribution >= 0.6 is 11.3 Å². The predicted octanol–water partition coefficient (Wildman–Crippen LogP) is 5.34. The maximum atomic E-state index is 13.1. The number of hydrogen-bond acceptors (Lipinski definition) is 5. The predicted molar refractivity (Wildman–Crippen MR) is 121 cm³/mol. The molecule has 0 aliphatic rings. The number of benzene rings is 1. The van der Waals surface area contributed by atoms with E-state index in [4.69, 9.17) is 5.21 Å². The summed E-state index contributed by atoms with van der Waals surface area (Å²) in [4.78, 5) is 31.1. The van der Waals surface area contributed by atoms with Gasteiger partial charge in [0.25, 0.3) is 5.91 Å². The maximum Gasteiger partial charge on any atom is 0.268 e. The molecule has 7 heteroatoms. The number of nitrogens with zero attached hydrogens (tertiary/aromatic N) is 2. The quantitative estimate of drug-likeness (QED) is 0.207. The normalized spacial score (nSPS) is 11.6. The average Bonchev–Trinajstić information content (AvgIpc) is 3.32. The van der Waals surface area contributed by atoms with Gasteiger partial charge in [0.15, 0.2) is 0 Å². The molecule has 2 rings (SSSR count). The number of carbonyl (C=O) groups is 2. The molecule has 1 heterocycles. The molecule has 0 aliphatic heterocycles. The summed E-state index contributed by atoms with van der Waals surface area (Å²) in [5, 5.41) is 10.4. The molecule has 0 unspecified atom stereocenters. The SMILES string of the molecule is C/C=C(\C=Nc1ccccc1)N(CCCCCCCC(=O)NO)C(=O)c1cccs1. The first-order valence-electron chi connectivity index (χ1n) is 10.2. The van der Waals surface area contributed by atoms with E-state index >= 15 is 0 Å². The van der Waals surface area contributed by atoms with Crippen LogP contribution < -0.4 is 5.48 Å². The molecule has 160 valence electrons. The van der Waals surface area contributed by atoms with Gasteiger partial charge in [0.05, 0.1) is 22.5 Å². The molecule has 6 nitrogen and oxygen atoms in total. The van der Waals surface area contributed by atoms with Crippen LogP contribution in [0.4, 0.5) is 5.69 Å². The summed E-state index contributed by atoms with van der Waals surface area (Å²) in [6, 6.07) is 13.4. The van der Waals surface area contributed by atoms with Crippen LogP contribution in [-0.2, 0) is 4.79 Å². The molecule has 2 aromatic rings. The first-order chi connectivity index (χ1) is 14.7. The fraction of sp³-hybridized carbons (Fsp3) is 0.348. The van der Waals surface area contributed by atoms with Crippen LogP contribution in [0.15, 0.2) is 64.6 Å². The Bertz CT molecular complexity index is 833. The number of hydrogen-bond donors (Lipinski definition) is 2. The summed E-state index contributed by atoms with van der Waals surface area (Å²) in [5.74, 6) is -0.365. The van der Waals surface area contributed by atoms with Crippen molar-refractivity contribution in [1.29, 1.82) is 0 Å². The summed E-state index contributed by atoms with van der Waals surface area (Å²) in [5.41, 5.74) is 3.26. The summed E-state index contributed by atoms with van der Waals surface area (Å²) in [6.07, 6.45) is 8.44. The highest BCUT2D eigenvalue weighted by Crippen LogP contribution is 2.18. The first kappa shape index (κ1) is 23.5. The van der Waals surface area contributed by atoms with E-state index < -0.39 is 0 Å². The van der Waals surface area contributed by atoms with Gasteiger partial charge in [0, 0.05) is 13.0 Å². The van der Waals surface area contributed by atoms with Crippen LogP contribution in [0.2, 0.25) is 0 Å². The number of thiophene rings is 1. The third-order valence-electron chi connectivity index (χ3n) is 4.60. The van der Waals surface area contributed by atoms with E-state index in [0.29, 0.717) is 17.8 Å². The van der Waals surface area contributed by atoms with Gasteiger partial charge in [-0.2, -0.15) is 0 Å². The Hall–Kier alpha value is -2.77. The average molecular weight is 428 g/mol. The third-order valence-corrected chi connectivity index (χ3v) is 5.45. The number of nitrogens with one attached hydrogen (secondary N) is 1. The molecule has 30 heavy (non-hydrogen) atoms. The standard InChI is InChI=1S/C23H29N3O3S/c1-2-20(18-24-19-12-7-6-8-13-19)26(23(28)21-14-11-17-30-21)16-10-5-3-4-9-15-22(27)25-29/h2,6-8,11-14,17-18,29H,3-5,9-10,15-16H2,1H3,(H,25,27)/b20-2+,24-18?. The van der Waals surface area contributed by atoms with Crippen molar-refractivity contribution in [3.05, 3.63) is 64.5 Å². The van der Waals surface area contributed by atoms with E-state index in [-0.39, 0.29) is 11.8 Å². The van der Waals surface area contributed by atoms with Crippen molar-refractivity contribution in [1.82, 2.24) is 10.4 Å². The van der Waals surface area contributed by atoms with Crippen molar-refractivity contribution in [2.45, 2.75) is 45.4 Å². The van der Waals surface area contributed by atoms with Gasteiger partial charge < -0.3 is 4.90 Å². The largest absolute Gasteiger partial charge is 0.306 e. The fourth-order valence-corrected chi connectivity index (χ4v) is 3.65. The van der Waals surface area contributed by atoms with Crippen molar-refractivity contribution < 1.29 is 14.8 Å². The van der Waals surface area contributed by atoms with Crippen molar-refractivity contribution in [2.24, 2.45) is 4.99 Å². The minimum atomic E-state index is -0.349. The monoisotopic (exact) mass is 427 g/mol. The van der Waals surface area contributed by atoms with Crippen molar-refractivity contribution in [3.8, 4) is 0 Å². The molecule has 2 amide bonds. The van der Waals surface area contributed by atoms with Crippen LogP contribution in [0.5, 0.6) is 0 Å². The van der Waals surface area contributed by atoms with Gasteiger partial charge in [-0.15, -0.1) is 11.3 Å². The van der Waals surface area contributed by atoms with Crippen molar-refractivity contribution in [3.63, 3.8) is 0 Å². The zero-order valence-electron chi connectivity index (χ0n) is 17.3. The third kappa shape index (κ3) is 7.93. The van der Waals surface area contributed by atoms with Crippen LogP contribution in [-0.4, -0.2) is 34.7 Å². The minimum absolute atomic E-state index is 0.0165. The Kier molecular flexibility index (Phi) is 10.5. The second-order valence-electron chi connectivity index (χ2n) is 6.79. The Labute approximate surface area is 181 Å². The van der Waals surface area contributed by atoms with Gasteiger partial charge in [-0.3, -0.25) is 19.8 Å². The number of unbranched alkanes of at least 4 members (excludes halogenated alkanes) is 4. The number of amides is 2.